The first-order valence-corrected chi connectivity index (χ1v) is 11.9. The zero-order valence-electron chi connectivity index (χ0n) is 19.9. The standard InChI is InChI=1S/C28H33N3O3/c1-22(2)29-28(32)31-17-15-30(16-18-31)26-19-25(33-20-23-9-5-3-6-10-23)13-14-27(26)34-21-24-11-7-4-8-12-24/h3-14,19,22H,15-18,20-21H2,1-2H3,(H,29,32). The number of hydrogen-bond acceptors (Lipinski definition) is 4. The Kier molecular flexibility index (Phi) is 7.91. The normalized spacial score (nSPS) is 13.6. The van der Waals surface area contributed by atoms with Crippen molar-refractivity contribution < 1.29 is 14.3 Å². The Labute approximate surface area is 202 Å². The van der Waals surface area contributed by atoms with E-state index in [9.17, 15) is 4.79 Å². The molecular weight excluding hydrogens is 426 g/mol. The van der Waals surface area contributed by atoms with Crippen LogP contribution < -0.4 is 19.7 Å². The zero-order valence-corrected chi connectivity index (χ0v) is 19.9. The quantitative estimate of drug-likeness (QED) is 0.510. The van der Waals surface area contributed by atoms with Crippen molar-refractivity contribution in [3.8, 4) is 11.5 Å². The molecule has 0 spiro atoms. The van der Waals surface area contributed by atoms with Crippen LogP contribution in [0.25, 0.3) is 0 Å². The number of piperazine rings is 1. The molecule has 1 N–H and O–H groups in total. The topological polar surface area (TPSA) is 54.0 Å². The molecule has 6 nitrogen and oxygen atoms in total. The number of hydrogen-bond donors (Lipinski definition) is 1. The number of ether oxygens (including phenoxy) is 2. The predicted molar refractivity (Wildman–Crippen MR) is 135 cm³/mol. The van der Waals surface area contributed by atoms with Gasteiger partial charge in [0, 0.05) is 38.3 Å². The molecule has 0 aliphatic carbocycles. The van der Waals surface area contributed by atoms with Crippen molar-refractivity contribution in [1.29, 1.82) is 0 Å². The van der Waals surface area contributed by atoms with Crippen LogP contribution in [0, 0.1) is 0 Å². The van der Waals surface area contributed by atoms with E-state index in [0.717, 1.165) is 41.4 Å². The maximum atomic E-state index is 12.4. The average Bonchev–Trinajstić information content (AvgIpc) is 2.87. The fraction of sp³-hybridized carbons (Fsp3) is 0.321. The van der Waals surface area contributed by atoms with Crippen molar-refractivity contribution in [2.75, 3.05) is 31.1 Å². The summed E-state index contributed by atoms with van der Waals surface area (Å²) < 4.78 is 12.3. The molecule has 0 saturated carbocycles. The van der Waals surface area contributed by atoms with Gasteiger partial charge in [0.05, 0.1) is 5.69 Å². The molecule has 1 heterocycles. The molecule has 1 saturated heterocycles. The number of benzene rings is 3. The third-order valence-electron chi connectivity index (χ3n) is 5.74. The van der Waals surface area contributed by atoms with E-state index in [2.05, 4.69) is 34.5 Å². The van der Waals surface area contributed by atoms with Gasteiger partial charge >= 0.3 is 6.03 Å². The molecule has 1 aliphatic heterocycles. The van der Waals surface area contributed by atoms with Crippen molar-refractivity contribution in [2.24, 2.45) is 0 Å². The summed E-state index contributed by atoms with van der Waals surface area (Å²) in [4.78, 5) is 16.5. The van der Waals surface area contributed by atoms with E-state index in [4.69, 9.17) is 9.47 Å². The van der Waals surface area contributed by atoms with Gasteiger partial charge in [-0.2, -0.15) is 0 Å². The first-order chi connectivity index (χ1) is 16.6. The van der Waals surface area contributed by atoms with Gasteiger partial charge in [-0.05, 0) is 37.1 Å². The lowest BCUT2D eigenvalue weighted by atomic mass is 10.2. The van der Waals surface area contributed by atoms with E-state index < -0.39 is 0 Å². The highest BCUT2D eigenvalue weighted by Gasteiger charge is 2.24. The fourth-order valence-electron chi connectivity index (χ4n) is 3.92. The molecule has 1 fully saturated rings. The molecule has 6 heteroatoms. The lowest BCUT2D eigenvalue weighted by molar-refractivity contribution is 0.191. The summed E-state index contributed by atoms with van der Waals surface area (Å²) in [7, 11) is 0. The minimum absolute atomic E-state index is 0.00449. The van der Waals surface area contributed by atoms with Gasteiger partial charge in [-0.3, -0.25) is 0 Å². The van der Waals surface area contributed by atoms with Crippen LogP contribution >= 0.6 is 0 Å². The van der Waals surface area contributed by atoms with Crippen LogP contribution in [0.2, 0.25) is 0 Å². The van der Waals surface area contributed by atoms with E-state index in [1.807, 2.05) is 73.3 Å². The van der Waals surface area contributed by atoms with Gasteiger partial charge in [0.15, 0.2) is 0 Å². The minimum atomic E-state index is -0.00449. The van der Waals surface area contributed by atoms with Crippen LogP contribution in [-0.4, -0.2) is 43.2 Å². The molecule has 0 radical (unpaired) electrons. The minimum Gasteiger partial charge on any atom is -0.489 e. The Balaban J connectivity index is 1.48. The molecule has 0 bridgehead atoms. The Morgan fingerprint density at radius 3 is 2.00 bits per heavy atom. The van der Waals surface area contributed by atoms with E-state index in [1.54, 1.807) is 0 Å². The Bertz CT molecular complexity index is 1050. The van der Waals surface area contributed by atoms with E-state index in [-0.39, 0.29) is 12.1 Å². The third-order valence-corrected chi connectivity index (χ3v) is 5.74. The number of anilines is 1. The number of urea groups is 1. The second kappa shape index (κ2) is 11.5. The first kappa shape index (κ1) is 23.5. The van der Waals surface area contributed by atoms with Crippen LogP contribution in [0.1, 0.15) is 25.0 Å². The summed E-state index contributed by atoms with van der Waals surface area (Å²) in [5.41, 5.74) is 3.23. The van der Waals surface area contributed by atoms with E-state index in [1.165, 1.54) is 0 Å². The Hall–Kier alpha value is -3.67. The molecule has 34 heavy (non-hydrogen) atoms. The first-order valence-electron chi connectivity index (χ1n) is 11.9. The van der Waals surface area contributed by atoms with E-state index >= 15 is 0 Å². The van der Waals surface area contributed by atoms with Gasteiger partial charge in [0.2, 0.25) is 0 Å². The van der Waals surface area contributed by atoms with Crippen LogP contribution in [0.15, 0.2) is 78.9 Å². The van der Waals surface area contributed by atoms with Crippen LogP contribution in [-0.2, 0) is 13.2 Å². The average molecular weight is 460 g/mol. The molecule has 2 amide bonds. The van der Waals surface area contributed by atoms with Gasteiger partial charge in [-0.15, -0.1) is 0 Å². The Morgan fingerprint density at radius 2 is 1.41 bits per heavy atom. The molecule has 1 aliphatic rings. The largest absolute Gasteiger partial charge is 0.489 e. The summed E-state index contributed by atoms with van der Waals surface area (Å²) >= 11 is 0. The van der Waals surface area contributed by atoms with Crippen molar-refractivity contribution >= 4 is 11.7 Å². The SMILES string of the molecule is CC(C)NC(=O)N1CCN(c2cc(OCc3ccccc3)ccc2OCc2ccccc2)CC1. The molecule has 3 aromatic carbocycles. The molecule has 178 valence electrons. The summed E-state index contributed by atoms with van der Waals surface area (Å²) in [6, 6.07) is 26.4. The van der Waals surface area contributed by atoms with Gasteiger partial charge in [0.1, 0.15) is 24.7 Å². The second-order valence-corrected chi connectivity index (χ2v) is 8.76. The van der Waals surface area contributed by atoms with Gasteiger partial charge < -0.3 is 24.6 Å². The highest BCUT2D eigenvalue weighted by Crippen LogP contribution is 2.34. The van der Waals surface area contributed by atoms with Crippen molar-refractivity contribution in [3.05, 3.63) is 90.0 Å². The second-order valence-electron chi connectivity index (χ2n) is 8.76. The number of carbonyl (C=O) groups excluding carboxylic acids is 1. The molecular formula is C28H33N3O3. The lowest BCUT2D eigenvalue weighted by Crippen LogP contribution is -2.53. The molecule has 0 atom stereocenters. The number of amides is 2. The Morgan fingerprint density at radius 1 is 0.824 bits per heavy atom. The smallest absolute Gasteiger partial charge is 0.317 e. The highest BCUT2D eigenvalue weighted by atomic mass is 16.5. The monoisotopic (exact) mass is 459 g/mol. The summed E-state index contributed by atoms with van der Waals surface area (Å²) in [5.74, 6) is 1.61. The predicted octanol–water partition coefficient (Wildman–Crippen LogP) is 5.08. The summed E-state index contributed by atoms with van der Waals surface area (Å²) in [5, 5.41) is 2.98. The van der Waals surface area contributed by atoms with Crippen molar-refractivity contribution in [3.63, 3.8) is 0 Å². The van der Waals surface area contributed by atoms with E-state index in [0.29, 0.717) is 26.3 Å². The number of nitrogens with zero attached hydrogens (tertiary/aromatic N) is 2. The lowest BCUT2D eigenvalue weighted by Gasteiger charge is -2.37. The van der Waals surface area contributed by atoms with Crippen molar-refractivity contribution in [2.45, 2.75) is 33.1 Å². The molecule has 3 aromatic rings. The number of nitrogens with one attached hydrogen (secondary N) is 1. The third kappa shape index (κ3) is 6.44. The fourth-order valence-corrected chi connectivity index (χ4v) is 3.92. The summed E-state index contributed by atoms with van der Waals surface area (Å²) in [6.07, 6.45) is 0. The van der Waals surface area contributed by atoms with Gasteiger partial charge in [-0.25, -0.2) is 4.79 Å². The van der Waals surface area contributed by atoms with Crippen LogP contribution in [0.5, 0.6) is 11.5 Å². The zero-order chi connectivity index (χ0) is 23.8. The number of carbonyl (C=O) groups is 1. The molecule has 0 unspecified atom stereocenters. The van der Waals surface area contributed by atoms with Gasteiger partial charge in [0.25, 0.3) is 0 Å². The van der Waals surface area contributed by atoms with Crippen LogP contribution in [0.3, 0.4) is 0 Å². The summed E-state index contributed by atoms with van der Waals surface area (Å²) in [6.45, 7) is 7.74. The van der Waals surface area contributed by atoms with Crippen molar-refractivity contribution in [1.82, 2.24) is 10.2 Å². The maximum absolute atomic E-state index is 12.4. The van der Waals surface area contributed by atoms with Crippen LogP contribution in [0.4, 0.5) is 10.5 Å². The molecule has 4 rings (SSSR count). The van der Waals surface area contributed by atoms with Gasteiger partial charge in [-0.1, -0.05) is 60.7 Å². The maximum Gasteiger partial charge on any atom is 0.317 e. The number of rotatable bonds is 8. The molecule has 0 aromatic heterocycles. The highest BCUT2D eigenvalue weighted by molar-refractivity contribution is 5.75.